The molecule has 0 saturated heterocycles. The van der Waals surface area contributed by atoms with Gasteiger partial charge in [0.25, 0.3) is 0 Å². The van der Waals surface area contributed by atoms with Crippen molar-refractivity contribution in [3.05, 3.63) is 39.9 Å². The zero-order valence-electron chi connectivity index (χ0n) is 22.3. The van der Waals surface area contributed by atoms with Crippen LogP contribution in [0.1, 0.15) is 100 Å². The number of hydrogen-bond acceptors (Lipinski definition) is 5. The number of carbonyl (C=O) groups is 2. The zero-order chi connectivity index (χ0) is 25.8. The highest BCUT2D eigenvalue weighted by molar-refractivity contribution is 7.15. The number of phenolic OH excluding ortho intramolecular Hbond substituents is 1. The molecular weight excluding hydrogens is 468 g/mol. The first kappa shape index (κ1) is 25.4. The summed E-state index contributed by atoms with van der Waals surface area (Å²) in [7, 11) is 0. The van der Waals surface area contributed by atoms with Crippen LogP contribution in [0, 0.1) is 30.1 Å². The molecule has 1 aromatic carbocycles. The molecule has 3 aliphatic carbocycles. The monoisotopic (exact) mass is 508 g/mol. The summed E-state index contributed by atoms with van der Waals surface area (Å²) in [6.07, 6.45) is 8.68. The second-order valence-electron chi connectivity index (χ2n) is 12.7. The first-order valence-corrected chi connectivity index (χ1v) is 14.4. The molecule has 1 aromatic heterocycles. The summed E-state index contributed by atoms with van der Waals surface area (Å²) in [6, 6.07) is 4.29. The first-order chi connectivity index (χ1) is 17.0. The number of aromatic nitrogens is 1. The van der Waals surface area contributed by atoms with Gasteiger partial charge in [-0.3, -0.25) is 9.59 Å². The molecule has 0 aliphatic heterocycles. The van der Waals surface area contributed by atoms with Gasteiger partial charge < -0.3 is 10.4 Å². The molecule has 2 N–H and O–H groups in total. The summed E-state index contributed by atoms with van der Waals surface area (Å²) < 4.78 is 0. The van der Waals surface area contributed by atoms with E-state index in [9.17, 15) is 14.7 Å². The van der Waals surface area contributed by atoms with Crippen LogP contribution in [0.5, 0.6) is 5.75 Å². The highest BCUT2D eigenvalue weighted by Gasteiger charge is 2.58. The molecule has 0 bridgehead atoms. The number of Topliss-reactive ketones (excluding diaryl/α,β-unsaturated/α-hetero) is 1. The Balaban J connectivity index is 1.32. The minimum atomic E-state index is -0.228. The number of rotatable bonds is 5. The van der Waals surface area contributed by atoms with Gasteiger partial charge in [0, 0.05) is 29.3 Å². The van der Waals surface area contributed by atoms with Gasteiger partial charge in [-0.05, 0) is 97.3 Å². The van der Waals surface area contributed by atoms with Gasteiger partial charge in [0.15, 0.2) is 5.13 Å². The van der Waals surface area contributed by atoms with Gasteiger partial charge in [-0.25, -0.2) is 4.98 Å². The molecule has 5 rings (SSSR count). The van der Waals surface area contributed by atoms with Gasteiger partial charge in [0.1, 0.15) is 11.5 Å². The van der Waals surface area contributed by atoms with Gasteiger partial charge in [-0.2, -0.15) is 0 Å². The molecule has 5 atom stereocenters. The van der Waals surface area contributed by atoms with E-state index in [0.29, 0.717) is 53.2 Å². The number of phenols is 1. The fourth-order valence-corrected chi connectivity index (χ4v) is 8.33. The van der Waals surface area contributed by atoms with E-state index in [1.165, 1.54) is 22.5 Å². The van der Waals surface area contributed by atoms with E-state index in [1.54, 1.807) is 6.20 Å². The number of aryl methyl sites for hydroxylation is 2. The Bertz CT molecular complexity index is 1180. The Morgan fingerprint density at radius 1 is 1.28 bits per heavy atom. The van der Waals surface area contributed by atoms with Crippen LogP contribution in [0.2, 0.25) is 0 Å². The quantitative estimate of drug-likeness (QED) is 0.460. The lowest BCUT2D eigenvalue weighted by molar-refractivity contribution is -0.129. The number of carbonyl (C=O) groups excluding carboxylic acids is 2. The van der Waals surface area contributed by atoms with E-state index in [2.05, 4.69) is 44.1 Å². The van der Waals surface area contributed by atoms with Crippen molar-refractivity contribution in [1.82, 2.24) is 4.98 Å². The number of anilines is 1. The van der Waals surface area contributed by atoms with E-state index in [0.717, 1.165) is 49.0 Å². The minimum absolute atomic E-state index is 0.0130. The fourth-order valence-electron chi connectivity index (χ4n) is 7.65. The van der Waals surface area contributed by atoms with Crippen molar-refractivity contribution < 1.29 is 14.7 Å². The molecule has 2 aromatic rings. The molecule has 1 amide bonds. The average Bonchev–Trinajstić information content (AvgIpc) is 3.31. The molecule has 0 radical (unpaired) electrons. The van der Waals surface area contributed by atoms with Crippen molar-refractivity contribution in [2.45, 2.75) is 97.3 Å². The summed E-state index contributed by atoms with van der Waals surface area (Å²) in [5.74, 6) is 2.56. The Labute approximate surface area is 219 Å². The van der Waals surface area contributed by atoms with Gasteiger partial charge in [-0.15, -0.1) is 11.3 Å². The molecular formula is C30H40N2O3S. The van der Waals surface area contributed by atoms with Crippen LogP contribution in [0.25, 0.3) is 0 Å². The second kappa shape index (κ2) is 9.27. The van der Waals surface area contributed by atoms with Crippen LogP contribution in [0.4, 0.5) is 5.13 Å². The SMILES string of the molecule is Cc1cnc(NC(=O)CCC[C@@H]2CC(=O)[C@@]3(C)CCC4c5cc(C(C)(C)C)c(O)cc5CCC4C23)s1. The lowest BCUT2D eigenvalue weighted by atomic mass is 9.53. The van der Waals surface area contributed by atoms with Crippen molar-refractivity contribution in [2.24, 2.45) is 23.2 Å². The fraction of sp³-hybridized carbons (Fsp3) is 0.633. The van der Waals surface area contributed by atoms with Crippen molar-refractivity contribution >= 4 is 28.2 Å². The van der Waals surface area contributed by atoms with E-state index >= 15 is 0 Å². The lowest BCUT2D eigenvalue weighted by Gasteiger charge is -2.50. The first-order valence-electron chi connectivity index (χ1n) is 13.6. The number of hydrogen-bond donors (Lipinski definition) is 2. The largest absolute Gasteiger partial charge is 0.508 e. The maximum absolute atomic E-state index is 13.3. The van der Waals surface area contributed by atoms with Gasteiger partial charge in [-0.1, -0.05) is 33.8 Å². The smallest absolute Gasteiger partial charge is 0.226 e. The van der Waals surface area contributed by atoms with Gasteiger partial charge >= 0.3 is 0 Å². The Kier molecular flexibility index (Phi) is 6.55. The molecule has 0 spiro atoms. The third-order valence-electron chi connectivity index (χ3n) is 9.34. The number of fused-ring (bicyclic) bond motifs is 5. The topological polar surface area (TPSA) is 79.3 Å². The van der Waals surface area contributed by atoms with E-state index in [4.69, 9.17) is 0 Å². The number of ketones is 1. The van der Waals surface area contributed by atoms with E-state index in [-0.39, 0.29) is 16.7 Å². The summed E-state index contributed by atoms with van der Waals surface area (Å²) in [5, 5.41) is 14.3. The van der Waals surface area contributed by atoms with Crippen molar-refractivity contribution in [3.63, 3.8) is 0 Å². The molecule has 36 heavy (non-hydrogen) atoms. The lowest BCUT2D eigenvalue weighted by Crippen LogP contribution is -2.44. The maximum Gasteiger partial charge on any atom is 0.226 e. The number of thiazole rings is 1. The predicted octanol–water partition coefficient (Wildman–Crippen LogP) is 6.91. The molecule has 194 valence electrons. The summed E-state index contributed by atoms with van der Waals surface area (Å²) in [4.78, 5) is 31.1. The zero-order valence-corrected chi connectivity index (χ0v) is 23.1. The van der Waals surface area contributed by atoms with Gasteiger partial charge in [0.05, 0.1) is 0 Å². The van der Waals surface area contributed by atoms with Crippen molar-refractivity contribution in [3.8, 4) is 5.75 Å². The van der Waals surface area contributed by atoms with Crippen LogP contribution < -0.4 is 5.32 Å². The Morgan fingerprint density at radius 3 is 2.75 bits per heavy atom. The normalized spacial score (nSPS) is 29.4. The predicted molar refractivity (Wildman–Crippen MR) is 145 cm³/mol. The summed E-state index contributed by atoms with van der Waals surface area (Å²) in [6.45, 7) is 10.7. The second-order valence-corrected chi connectivity index (χ2v) is 13.9. The highest BCUT2D eigenvalue weighted by atomic mass is 32.1. The number of amides is 1. The molecule has 6 heteroatoms. The van der Waals surface area contributed by atoms with E-state index < -0.39 is 0 Å². The molecule has 3 aliphatic rings. The third kappa shape index (κ3) is 4.51. The van der Waals surface area contributed by atoms with Gasteiger partial charge in [0.2, 0.25) is 5.91 Å². The van der Waals surface area contributed by atoms with Crippen LogP contribution >= 0.6 is 11.3 Å². The molecule has 5 nitrogen and oxygen atoms in total. The van der Waals surface area contributed by atoms with E-state index in [1.807, 2.05) is 13.0 Å². The molecule has 2 saturated carbocycles. The molecule has 2 fully saturated rings. The number of nitrogens with zero attached hydrogens (tertiary/aromatic N) is 1. The van der Waals surface area contributed by atoms with Crippen molar-refractivity contribution in [1.29, 1.82) is 0 Å². The number of nitrogens with one attached hydrogen (secondary N) is 1. The summed E-state index contributed by atoms with van der Waals surface area (Å²) >= 11 is 1.50. The summed E-state index contributed by atoms with van der Waals surface area (Å²) in [5.41, 5.74) is 3.38. The minimum Gasteiger partial charge on any atom is -0.508 e. The average molecular weight is 509 g/mol. The van der Waals surface area contributed by atoms with Crippen LogP contribution in [-0.2, 0) is 21.4 Å². The Morgan fingerprint density at radius 2 is 2.06 bits per heavy atom. The van der Waals surface area contributed by atoms with Crippen LogP contribution in [0.15, 0.2) is 18.3 Å². The highest BCUT2D eigenvalue weighted by Crippen LogP contribution is 2.62. The van der Waals surface area contributed by atoms with Crippen LogP contribution in [0.3, 0.4) is 0 Å². The number of aromatic hydroxyl groups is 1. The maximum atomic E-state index is 13.3. The molecule has 1 heterocycles. The molecule has 3 unspecified atom stereocenters. The van der Waals surface area contributed by atoms with Crippen molar-refractivity contribution in [2.75, 3.05) is 5.32 Å². The van der Waals surface area contributed by atoms with Crippen LogP contribution in [-0.4, -0.2) is 21.8 Å². The number of benzene rings is 1. The Hall–Kier alpha value is -2.21. The standard InChI is InChI=1S/C30H40N2O3S/c1-17-16-31-28(36-17)32-26(35)8-6-7-19-14-25(34)30(5)12-11-20-21(27(19)30)10-9-18-13-24(33)23(15-22(18)20)29(2,3)4/h13,15-16,19-21,27,33H,6-12,14H2,1-5H3,(H,31,32,35)/t19-,20?,21?,27?,30-/m1/s1. The third-order valence-corrected chi connectivity index (χ3v) is 10.2.